The largest absolute Gasteiger partial charge is 0.480 e. The number of rotatable bonds is 2. The maximum absolute atomic E-state index is 9.69. The first-order valence-electron chi connectivity index (χ1n) is 3.00. The third kappa shape index (κ3) is 16.3. The van der Waals surface area contributed by atoms with Crippen LogP contribution in [-0.4, -0.2) is 45.7 Å². The van der Waals surface area contributed by atoms with Crippen LogP contribution in [0.1, 0.15) is 0 Å². The molecule has 0 aromatic heterocycles. The van der Waals surface area contributed by atoms with E-state index in [-0.39, 0.29) is 12.5 Å². The Morgan fingerprint density at radius 2 is 1.36 bits per heavy atom. The molecule has 0 aromatic carbocycles. The molecule has 0 radical (unpaired) electrons. The van der Waals surface area contributed by atoms with Crippen molar-refractivity contribution in [3.05, 3.63) is 0 Å². The van der Waals surface area contributed by atoms with Gasteiger partial charge in [0.15, 0.2) is 5.96 Å². The van der Waals surface area contributed by atoms with E-state index in [0.29, 0.717) is 0 Å². The molecule has 0 heterocycles. The summed E-state index contributed by atoms with van der Waals surface area (Å²) in [7, 11) is 0. The molecule has 0 unspecified atom stereocenters. The first kappa shape index (κ1) is 14.2. The molecule has 9 heteroatoms. The van der Waals surface area contributed by atoms with Crippen LogP contribution in [0.5, 0.6) is 0 Å². The monoisotopic (exact) mass is 207 g/mol. The van der Waals surface area contributed by atoms with Crippen LogP contribution in [0.3, 0.4) is 0 Å². The van der Waals surface area contributed by atoms with E-state index in [4.69, 9.17) is 36.4 Å². The predicted octanol–water partition coefficient (Wildman–Crippen LogP) is -2.50. The van der Waals surface area contributed by atoms with E-state index in [1.165, 1.54) is 0 Å². The van der Waals surface area contributed by atoms with Crippen molar-refractivity contribution in [2.75, 3.05) is 6.54 Å². The number of aliphatic carboxylic acids is 3. The minimum atomic E-state index is -1.82. The van der Waals surface area contributed by atoms with Crippen molar-refractivity contribution < 1.29 is 29.7 Å². The highest BCUT2D eigenvalue weighted by atomic mass is 16.4. The van der Waals surface area contributed by atoms with Crippen molar-refractivity contribution in [1.29, 1.82) is 0 Å². The Balaban J connectivity index is 0. The summed E-state index contributed by atoms with van der Waals surface area (Å²) < 4.78 is 0. The molecule has 0 spiro atoms. The zero-order valence-electron chi connectivity index (χ0n) is 6.88. The Hall–Kier alpha value is -2.32. The van der Waals surface area contributed by atoms with Gasteiger partial charge in [0.1, 0.15) is 6.54 Å². The SMILES string of the molecule is NC(N)=NCC(=O)O.O=C(O)C(=O)O. The summed E-state index contributed by atoms with van der Waals surface area (Å²) in [6.07, 6.45) is 0. The fourth-order valence-electron chi connectivity index (χ4n) is 0.159. The number of carboxylic acids is 3. The molecule has 0 aromatic rings. The van der Waals surface area contributed by atoms with E-state index < -0.39 is 17.9 Å². The van der Waals surface area contributed by atoms with Gasteiger partial charge in [0, 0.05) is 0 Å². The van der Waals surface area contributed by atoms with E-state index in [1.807, 2.05) is 0 Å². The number of carboxylic acid groups (broad SMARTS) is 3. The fraction of sp³-hybridized carbons (Fsp3) is 0.200. The number of nitrogens with two attached hydrogens (primary N) is 2. The molecule has 0 saturated heterocycles. The highest BCUT2D eigenvalue weighted by Gasteiger charge is 2.04. The smallest absolute Gasteiger partial charge is 0.414 e. The molecule has 80 valence electrons. The lowest BCUT2D eigenvalue weighted by atomic mass is 10.7. The average molecular weight is 207 g/mol. The second-order valence-corrected chi connectivity index (χ2v) is 1.75. The normalized spacial score (nSPS) is 7.71. The van der Waals surface area contributed by atoms with Crippen LogP contribution in [0.4, 0.5) is 0 Å². The van der Waals surface area contributed by atoms with Gasteiger partial charge in [-0.25, -0.2) is 14.6 Å². The van der Waals surface area contributed by atoms with Crippen molar-refractivity contribution >= 4 is 23.9 Å². The molecule has 14 heavy (non-hydrogen) atoms. The van der Waals surface area contributed by atoms with Crippen LogP contribution in [-0.2, 0) is 14.4 Å². The lowest BCUT2D eigenvalue weighted by molar-refractivity contribution is -0.159. The van der Waals surface area contributed by atoms with Gasteiger partial charge in [0.25, 0.3) is 0 Å². The zero-order chi connectivity index (χ0) is 11.7. The first-order chi connectivity index (χ1) is 6.27. The Morgan fingerprint density at radius 1 is 1.00 bits per heavy atom. The number of guanidine groups is 1. The molecule has 0 saturated carbocycles. The summed E-state index contributed by atoms with van der Waals surface area (Å²) in [5.74, 6) is -4.89. The minimum Gasteiger partial charge on any atom is -0.480 e. The molecule has 0 aliphatic heterocycles. The molecule has 0 rings (SSSR count). The van der Waals surface area contributed by atoms with Gasteiger partial charge in [-0.15, -0.1) is 0 Å². The third-order valence-corrected chi connectivity index (χ3v) is 0.580. The Labute approximate surface area is 77.6 Å². The summed E-state index contributed by atoms with van der Waals surface area (Å²) in [6.45, 7) is -0.359. The highest BCUT2D eigenvalue weighted by Crippen LogP contribution is 1.65. The standard InChI is InChI=1S/C3H7N3O2.C2H2O4/c4-3(5)6-1-2(7)8;3-1(4)2(5)6/h1H2,(H,7,8)(H4,4,5,6);(H,3,4)(H,5,6). The average Bonchev–Trinajstić information content (AvgIpc) is 2.01. The van der Waals surface area contributed by atoms with Crippen LogP contribution in [0.2, 0.25) is 0 Å². The second kappa shape index (κ2) is 7.34. The maximum Gasteiger partial charge on any atom is 0.414 e. The molecule has 0 amide bonds. The van der Waals surface area contributed by atoms with Crippen LogP contribution >= 0.6 is 0 Å². The van der Waals surface area contributed by atoms with Crippen molar-refractivity contribution in [2.45, 2.75) is 0 Å². The third-order valence-electron chi connectivity index (χ3n) is 0.580. The van der Waals surface area contributed by atoms with Gasteiger partial charge < -0.3 is 26.8 Å². The summed E-state index contributed by atoms with van der Waals surface area (Å²) in [4.78, 5) is 31.1. The summed E-state index contributed by atoms with van der Waals surface area (Å²) in [6, 6.07) is 0. The van der Waals surface area contributed by atoms with Gasteiger partial charge in [-0.2, -0.15) is 0 Å². The summed E-state index contributed by atoms with van der Waals surface area (Å²) >= 11 is 0. The van der Waals surface area contributed by atoms with Gasteiger partial charge >= 0.3 is 17.9 Å². The van der Waals surface area contributed by atoms with Crippen molar-refractivity contribution in [2.24, 2.45) is 16.5 Å². The summed E-state index contributed by atoms with van der Waals surface area (Å²) in [5, 5.41) is 22.7. The second-order valence-electron chi connectivity index (χ2n) is 1.75. The van der Waals surface area contributed by atoms with E-state index in [9.17, 15) is 4.79 Å². The first-order valence-corrected chi connectivity index (χ1v) is 3.00. The van der Waals surface area contributed by atoms with E-state index in [1.54, 1.807) is 0 Å². The maximum atomic E-state index is 9.69. The topological polar surface area (TPSA) is 176 Å². The van der Waals surface area contributed by atoms with Gasteiger partial charge in [0.05, 0.1) is 0 Å². The van der Waals surface area contributed by atoms with Crippen LogP contribution in [0.25, 0.3) is 0 Å². The quantitative estimate of drug-likeness (QED) is 0.187. The van der Waals surface area contributed by atoms with Crippen LogP contribution < -0.4 is 11.5 Å². The number of hydrogen-bond acceptors (Lipinski definition) is 4. The molecule has 7 N–H and O–H groups in total. The van der Waals surface area contributed by atoms with Crippen molar-refractivity contribution in [3.63, 3.8) is 0 Å². The van der Waals surface area contributed by atoms with E-state index in [0.717, 1.165) is 0 Å². The number of nitrogens with zero attached hydrogens (tertiary/aromatic N) is 1. The molecule has 0 aliphatic rings. The number of carbonyl (C=O) groups is 3. The molecular weight excluding hydrogens is 198 g/mol. The predicted molar refractivity (Wildman–Crippen MR) is 43.6 cm³/mol. The van der Waals surface area contributed by atoms with Crippen molar-refractivity contribution in [1.82, 2.24) is 0 Å². The molecule has 0 bridgehead atoms. The molecule has 0 aliphatic carbocycles. The fourth-order valence-corrected chi connectivity index (χ4v) is 0.159. The Bertz CT molecular complexity index is 244. The molecule has 0 fully saturated rings. The van der Waals surface area contributed by atoms with Crippen LogP contribution in [0, 0.1) is 0 Å². The van der Waals surface area contributed by atoms with Gasteiger partial charge in [-0.05, 0) is 0 Å². The molecule has 0 atom stereocenters. The minimum absolute atomic E-state index is 0.201. The molecular formula is C5H9N3O6. The molecule has 9 nitrogen and oxygen atoms in total. The summed E-state index contributed by atoms with van der Waals surface area (Å²) in [5.41, 5.74) is 9.61. The zero-order valence-corrected chi connectivity index (χ0v) is 6.88. The number of hydrogen-bond donors (Lipinski definition) is 5. The Morgan fingerprint density at radius 3 is 1.43 bits per heavy atom. The van der Waals surface area contributed by atoms with Gasteiger partial charge in [0.2, 0.25) is 0 Å². The van der Waals surface area contributed by atoms with Crippen LogP contribution in [0.15, 0.2) is 4.99 Å². The highest BCUT2D eigenvalue weighted by molar-refractivity contribution is 6.27. The lowest BCUT2D eigenvalue weighted by Gasteiger charge is -1.85. The lowest BCUT2D eigenvalue weighted by Crippen LogP contribution is -2.24. The van der Waals surface area contributed by atoms with Gasteiger partial charge in [-0.1, -0.05) is 0 Å². The van der Waals surface area contributed by atoms with Gasteiger partial charge in [-0.3, -0.25) is 4.79 Å². The Kier molecular flexibility index (Phi) is 7.45. The van der Waals surface area contributed by atoms with Crippen molar-refractivity contribution in [3.8, 4) is 0 Å². The number of aliphatic imine (C=N–C) groups is 1. The van der Waals surface area contributed by atoms with E-state index in [2.05, 4.69) is 4.99 Å². The van der Waals surface area contributed by atoms with E-state index >= 15 is 0 Å².